The molecule has 1 heterocycles. The first-order valence-corrected chi connectivity index (χ1v) is 9.20. The van der Waals surface area contributed by atoms with Gasteiger partial charge in [0.2, 0.25) is 5.91 Å². The summed E-state index contributed by atoms with van der Waals surface area (Å²) in [4.78, 5) is 12.7. The monoisotopic (exact) mass is 375 g/mol. The van der Waals surface area contributed by atoms with E-state index >= 15 is 0 Å². The maximum absolute atomic E-state index is 12.7. The Labute approximate surface area is 160 Å². The van der Waals surface area contributed by atoms with E-state index < -0.39 is 0 Å². The molecule has 1 aromatic carbocycles. The standard InChI is InChI=1S/C19H25N5O.ClH/c20-18-13-5-4-6-14(18)10-15(9-13)19(25)21-11-17-23-22-12-24(17)16-7-2-1-3-8-16;/h1-3,7-8,12-15,18H,4-6,9-11,20H2,(H,21,25);1H. The smallest absolute Gasteiger partial charge is 0.223 e. The third kappa shape index (κ3) is 3.76. The molecular weight excluding hydrogens is 350 g/mol. The highest BCUT2D eigenvalue weighted by atomic mass is 35.5. The Balaban J connectivity index is 0.00000196. The number of amides is 1. The summed E-state index contributed by atoms with van der Waals surface area (Å²) < 4.78 is 1.91. The first kappa shape index (κ1) is 18.9. The van der Waals surface area contributed by atoms with Crippen molar-refractivity contribution in [2.75, 3.05) is 0 Å². The van der Waals surface area contributed by atoms with E-state index in [0.29, 0.717) is 24.4 Å². The lowest BCUT2D eigenvalue weighted by molar-refractivity contribution is -0.128. The largest absolute Gasteiger partial charge is 0.349 e. The van der Waals surface area contributed by atoms with E-state index in [2.05, 4.69) is 15.5 Å². The van der Waals surface area contributed by atoms with Gasteiger partial charge in [-0.25, -0.2) is 0 Å². The van der Waals surface area contributed by atoms with E-state index in [-0.39, 0.29) is 24.2 Å². The number of benzene rings is 1. The van der Waals surface area contributed by atoms with Crippen molar-refractivity contribution in [1.29, 1.82) is 0 Å². The molecule has 0 spiro atoms. The zero-order valence-electron chi connectivity index (χ0n) is 14.8. The lowest BCUT2D eigenvalue weighted by Gasteiger charge is -2.43. The zero-order chi connectivity index (χ0) is 17.2. The third-order valence-electron chi connectivity index (χ3n) is 5.86. The van der Waals surface area contributed by atoms with Crippen LogP contribution in [0.2, 0.25) is 0 Å². The van der Waals surface area contributed by atoms with Crippen LogP contribution in [0.5, 0.6) is 0 Å². The number of rotatable bonds is 4. The van der Waals surface area contributed by atoms with Crippen molar-refractivity contribution < 1.29 is 4.79 Å². The second-order valence-electron chi connectivity index (χ2n) is 7.37. The summed E-state index contributed by atoms with van der Waals surface area (Å²) >= 11 is 0. The molecule has 2 aromatic rings. The van der Waals surface area contributed by atoms with Gasteiger partial charge in [0, 0.05) is 17.6 Å². The van der Waals surface area contributed by atoms with Crippen LogP contribution in [0.3, 0.4) is 0 Å². The number of nitrogens with one attached hydrogen (secondary N) is 1. The molecule has 0 radical (unpaired) electrons. The zero-order valence-corrected chi connectivity index (χ0v) is 15.6. The number of nitrogens with two attached hydrogens (primary N) is 1. The van der Waals surface area contributed by atoms with Crippen LogP contribution in [0.4, 0.5) is 0 Å². The number of hydrogen-bond acceptors (Lipinski definition) is 4. The number of para-hydroxylation sites is 1. The van der Waals surface area contributed by atoms with Crippen molar-refractivity contribution in [3.8, 4) is 5.69 Å². The summed E-state index contributed by atoms with van der Waals surface area (Å²) in [6.07, 6.45) is 7.13. The number of hydrogen-bond donors (Lipinski definition) is 2. The Kier molecular flexibility index (Phi) is 5.94. The number of aromatic nitrogens is 3. The number of halogens is 1. The first-order chi connectivity index (χ1) is 12.2. The van der Waals surface area contributed by atoms with Crippen LogP contribution < -0.4 is 11.1 Å². The molecule has 0 aliphatic heterocycles. The highest BCUT2D eigenvalue weighted by molar-refractivity contribution is 5.85. The molecule has 1 amide bonds. The van der Waals surface area contributed by atoms with Gasteiger partial charge in [-0.2, -0.15) is 0 Å². The summed E-state index contributed by atoms with van der Waals surface area (Å²) in [6, 6.07) is 10.2. The quantitative estimate of drug-likeness (QED) is 0.859. The molecule has 2 unspecified atom stereocenters. The van der Waals surface area contributed by atoms with Crippen LogP contribution in [0.15, 0.2) is 36.7 Å². The van der Waals surface area contributed by atoms with Gasteiger partial charge in [0.15, 0.2) is 5.82 Å². The number of fused-ring (bicyclic) bond motifs is 2. The Morgan fingerprint density at radius 2 is 1.88 bits per heavy atom. The molecule has 2 saturated carbocycles. The van der Waals surface area contributed by atoms with Gasteiger partial charge in [0.1, 0.15) is 6.33 Å². The second kappa shape index (κ2) is 8.18. The Morgan fingerprint density at radius 1 is 1.19 bits per heavy atom. The molecule has 26 heavy (non-hydrogen) atoms. The van der Waals surface area contributed by atoms with Crippen LogP contribution in [0, 0.1) is 17.8 Å². The van der Waals surface area contributed by atoms with Gasteiger partial charge in [-0.05, 0) is 49.7 Å². The van der Waals surface area contributed by atoms with Gasteiger partial charge in [0.05, 0.1) is 6.54 Å². The van der Waals surface area contributed by atoms with Crippen molar-refractivity contribution in [2.45, 2.75) is 44.7 Å². The van der Waals surface area contributed by atoms with Crippen molar-refractivity contribution in [2.24, 2.45) is 23.5 Å². The summed E-state index contributed by atoms with van der Waals surface area (Å²) in [5, 5.41) is 11.2. The normalized spacial score (nSPS) is 27.4. The van der Waals surface area contributed by atoms with E-state index in [4.69, 9.17) is 5.73 Å². The van der Waals surface area contributed by atoms with Gasteiger partial charge >= 0.3 is 0 Å². The van der Waals surface area contributed by atoms with Crippen molar-refractivity contribution >= 4 is 18.3 Å². The Morgan fingerprint density at radius 3 is 2.58 bits per heavy atom. The first-order valence-electron chi connectivity index (χ1n) is 9.20. The topological polar surface area (TPSA) is 85.8 Å². The Hall–Kier alpha value is -1.92. The highest BCUT2D eigenvalue weighted by Crippen LogP contribution is 2.41. The maximum atomic E-state index is 12.7. The van der Waals surface area contributed by atoms with Gasteiger partial charge in [-0.15, -0.1) is 22.6 Å². The highest BCUT2D eigenvalue weighted by Gasteiger charge is 2.40. The van der Waals surface area contributed by atoms with Crippen LogP contribution in [-0.2, 0) is 11.3 Å². The lowest BCUT2D eigenvalue weighted by Crippen LogP contribution is -2.49. The molecule has 6 nitrogen and oxygen atoms in total. The van der Waals surface area contributed by atoms with E-state index in [1.54, 1.807) is 6.33 Å². The second-order valence-corrected chi connectivity index (χ2v) is 7.37. The van der Waals surface area contributed by atoms with Crippen molar-refractivity contribution in [3.63, 3.8) is 0 Å². The van der Waals surface area contributed by atoms with Gasteiger partial charge in [-0.3, -0.25) is 9.36 Å². The number of carbonyl (C=O) groups is 1. The fraction of sp³-hybridized carbons (Fsp3) is 0.526. The molecule has 4 rings (SSSR count). The fourth-order valence-corrected chi connectivity index (χ4v) is 4.50. The number of nitrogens with zero attached hydrogens (tertiary/aromatic N) is 3. The minimum absolute atomic E-state index is 0. The summed E-state index contributed by atoms with van der Waals surface area (Å²) in [7, 11) is 0. The van der Waals surface area contributed by atoms with Gasteiger partial charge < -0.3 is 11.1 Å². The molecule has 2 aliphatic rings. The SMILES string of the molecule is Cl.NC1C2CCCC1CC(C(=O)NCc1nncn1-c1ccccc1)C2. The summed E-state index contributed by atoms with van der Waals surface area (Å²) in [5.74, 6) is 1.98. The molecular formula is C19H26ClN5O. The molecule has 1 aromatic heterocycles. The predicted molar refractivity (Wildman–Crippen MR) is 102 cm³/mol. The molecule has 0 saturated heterocycles. The van der Waals surface area contributed by atoms with Crippen LogP contribution in [0.1, 0.15) is 37.9 Å². The van der Waals surface area contributed by atoms with E-state index in [1.165, 1.54) is 19.3 Å². The lowest BCUT2D eigenvalue weighted by atomic mass is 9.65. The average molecular weight is 376 g/mol. The maximum Gasteiger partial charge on any atom is 0.223 e. The van der Waals surface area contributed by atoms with Crippen LogP contribution in [-0.4, -0.2) is 26.7 Å². The van der Waals surface area contributed by atoms with Crippen LogP contribution >= 0.6 is 12.4 Å². The van der Waals surface area contributed by atoms with E-state index in [0.717, 1.165) is 24.4 Å². The molecule has 3 N–H and O–H groups in total. The number of carbonyl (C=O) groups excluding carboxylic acids is 1. The molecule has 7 heteroatoms. The van der Waals surface area contributed by atoms with E-state index in [1.807, 2.05) is 34.9 Å². The molecule has 2 atom stereocenters. The molecule has 2 bridgehead atoms. The van der Waals surface area contributed by atoms with Crippen LogP contribution in [0.25, 0.3) is 5.69 Å². The minimum atomic E-state index is 0. The molecule has 140 valence electrons. The summed E-state index contributed by atoms with van der Waals surface area (Å²) in [6.45, 7) is 0.394. The fourth-order valence-electron chi connectivity index (χ4n) is 4.50. The van der Waals surface area contributed by atoms with Crippen molar-refractivity contribution in [3.05, 3.63) is 42.5 Å². The average Bonchev–Trinajstić information content (AvgIpc) is 3.09. The van der Waals surface area contributed by atoms with Gasteiger partial charge in [0.25, 0.3) is 0 Å². The predicted octanol–water partition coefficient (Wildman–Crippen LogP) is 2.46. The van der Waals surface area contributed by atoms with Gasteiger partial charge in [-0.1, -0.05) is 24.6 Å². The van der Waals surface area contributed by atoms with E-state index in [9.17, 15) is 4.79 Å². The van der Waals surface area contributed by atoms with Crippen molar-refractivity contribution in [1.82, 2.24) is 20.1 Å². The third-order valence-corrected chi connectivity index (χ3v) is 5.86. The summed E-state index contributed by atoms with van der Waals surface area (Å²) in [5.41, 5.74) is 7.32. The Bertz CT molecular complexity index is 721. The minimum Gasteiger partial charge on any atom is -0.349 e. The molecule has 2 fully saturated rings. The molecule has 2 aliphatic carbocycles.